The molecule has 0 bridgehead atoms. The smallest absolute Gasteiger partial charge is 0.245 e. The van der Waals surface area contributed by atoms with E-state index in [1.165, 1.54) is 0 Å². The highest BCUT2D eigenvalue weighted by Gasteiger charge is 2.36. The molecular formula is C27H27N7O2. The Morgan fingerprint density at radius 3 is 2.67 bits per heavy atom. The second-order valence-electron chi connectivity index (χ2n) is 9.64. The average molecular weight is 482 g/mol. The molecule has 9 nitrogen and oxygen atoms in total. The maximum Gasteiger partial charge on any atom is 0.245 e. The summed E-state index contributed by atoms with van der Waals surface area (Å²) in [5.74, 6) is 1.30. The van der Waals surface area contributed by atoms with E-state index >= 15 is 0 Å². The second kappa shape index (κ2) is 8.57. The van der Waals surface area contributed by atoms with E-state index in [9.17, 15) is 4.79 Å². The van der Waals surface area contributed by atoms with Crippen molar-refractivity contribution in [3.05, 3.63) is 59.6 Å². The molecule has 0 radical (unpaired) electrons. The number of pyridine rings is 1. The van der Waals surface area contributed by atoms with Gasteiger partial charge in [0.15, 0.2) is 0 Å². The number of hydrogen-bond donors (Lipinski definition) is 0. The molecule has 1 saturated heterocycles. The lowest BCUT2D eigenvalue weighted by Gasteiger charge is -2.32. The van der Waals surface area contributed by atoms with Gasteiger partial charge >= 0.3 is 0 Å². The van der Waals surface area contributed by atoms with Crippen LogP contribution in [0.15, 0.2) is 36.7 Å². The van der Waals surface area contributed by atoms with Crippen LogP contribution in [-0.2, 0) is 23.1 Å². The van der Waals surface area contributed by atoms with Crippen LogP contribution in [0.5, 0.6) is 0 Å². The van der Waals surface area contributed by atoms with Crippen LogP contribution in [-0.4, -0.2) is 55.4 Å². The Morgan fingerprint density at radius 1 is 1.14 bits per heavy atom. The van der Waals surface area contributed by atoms with E-state index in [4.69, 9.17) is 21.3 Å². The van der Waals surface area contributed by atoms with Crippen molar-refractivity contribution < 1.29 is 9.53 Å². The van der Waals surface area contributed by atoms with Crippen molar-refractivity contribution in [3.8, 4) is 22.5 Å². The first-order valence-corrected chi connectivity index (χ1v) is 12.2. The molecule has 1 amide bonds. The first-order valence-electron chi connectivity index (χ1n) is 12.2. The molecule has 3 aromatic heterocycles. The molecule has 2 aliphatic heterocycles. The van der Waals surface area contributed by atoms with E-state index in [2.05, 4.69) is 14.5 Å². The Morgan fingerprint density at radius 2 is 1.94 bits per heavy atom. The summed E-state index contributed by atoms with van der Waals surface area (Å²) in [6, 6.07) is 7.58. The van der Waals surface area contributed by atoms with Crippen molar-refractivity contribution in [3.63, 3.8) is 0 Å². The van der Waals surface area contributed by atoms with Crippen LogP contribution < -0.4 is 0 Å². The third-order valence-corrected chi connectivity index (χ3v) is 7.32. The lowest BCUT2D eigenvalue weighted by Crippen LogP contribution is -2.40. The molecule has 0 spiro atoms. The summed E-state index contributed by atoms with van der Waals surface area (Å²) in [5, 5.41) is 5.13. The Kier molecular flexibility index (Phi) is 5.34. The fraction of sp³-hybridized carbons (Fsp3) is 0.370. The number of likely N-dealkylation sites (N-methyl/N-ethyl adjacent to an activating group) is 1. The van der Waals surface area contributed by atoms with Gasteiger partial charge in [-0.2, -0.15) is 5.10 Å². The summed E-state index contributed by atoms with van der Waals surface area (Å²) in [6.45, 7) is 11.7. The molecule has 0 aliphatic carbocycles. The number of nitrogens with zero attached hydrogens (tertiary/aromatic N) is 7. The van der Waals surface area contributed by atoms with Gasteiger partial charge in [-0.3, -0.25) is 14.5 Å². The van der Waals surface area contributed by atoms with Crippen molar-refractivity contribution in [2.45, 2.75) is 38.3 Å². The summed E-state index contributed by atoms with van der Waals surface area (Å²) < 4.78 is 9.46. The zero-order valence-electron chi connectivity index (χ0n) is 20.6. The molecule has 182 valence electrons. The first-order chi connectivity index (χ1) is 17.5. The van der Waals surface area contributed by atoms with Crippen LogP contribution in [0.4, 0.5) is 5.69 Å². The molecule has 1 unspecified atom stereocenters. The lowest BCUT2D eigenvalue weighted by atomic mass is 9.98. The van der Waals surface area contributed by atoms with Gasteiger partial charge in [0.2, 0.25) is 11.6 Å². The third-order valence-electron chi connectivity index (χ3n) is 7.32. The Labute approximate surface area is 209 Å². The molecule has 5 heterocycles. The summed E-state index contributed by atoms with van der Waals surface area (Å²) in [4.78, 5) is 28.6. The SMILES string of the molecule is [C-]#[N+]c1cc2c(-c3nc(C4CCOCC4)n4c3CN(C)C(=O)C4C)cccc2nc1-c1cnn(C)c1. The number of imidazole rings is 1. The van der Waals surface area contributed by atoms with E-state index in [-0.39, 0.29) is 17.9 Å². The molecule has 1 aromatic carbocycles. The first kappa shape index (κ1) is 22.4. The van der Waals surface area contributed by atoms with Gasteiger partial charge in [0.05, 0.1) is 41.9 Å². The minimum absolute atomic E-state index is 0.0933. The molecule has 0 N–H and O–H groups in total. The molecule has 4 aromatic rings. The predicted molar refractivity (Wildman–Crippen MR) is 135 cm³/mol. The molecule has 1 atom stereocenters. The molecule has 6 rings (SSSR count). The van der Waals surface area contributed by atoms with Gasteiger partial charge in [-0.05, 0) is 37.3 Å². The van der Waals surface area contributed by atoms with Crippen molar-refractivity contribution in [2.24, 2.45) is 7.05 Å². The number of hydrogen-bond acceptors (Lipinski definition) is 5. The summed E-state index contributed by atoms with van der Waals surface area (Å²) in [5.41, 5.74) is 5.52. The zero-order chi connectivity index (χ0) is 25.0. The van der Waals surface area contributed by atoms with Crippen LogP contribution in [0.3, 0.4) is 0 Å². The van der Waals surface area contributed by atoms with Crippen molar-refractivity contribution in [1.82, 2.24) is 29.2 Å². The Hall–Kier alpha value is -4.03. The summed E-state index contributed by atoms with van der Waals surface area (Å²) in [7, 11) is 3.69. The topological polar surface area (TPSA) is 82.4 Å². The van der Waals surface area contributed by atoms with Gasteiger partial charge in [0.25, 0.3) is 0 Å². The monoisotopic (exact) mass is 481 g/mol. The van der Waals surface area contributed by atoms with E-state index in [0.717, 1.165) is 52.1 Å². The standard InChI is InChI=1S/C27H27N7O2/c1-16-27(35)32(3)15-23-25(31-26(34(16)23)17-8-10-36-11-9-17)19-6-5-7-21-20(19)12-22(28-2)24(30-21)18-13-29-33(4)14-18/h5-7,12-14,16-17H,8-11,15H2,1,3-4H3. The molecular weight excluding hydrogens is 454 g/mol. The van der Waals surface area contributed by atoms with Gasteiger partial charge < -0.3 is 14.2 Å². The van der Waals surface area contributed by atoms with E-state index in [0.29, 0.717) is 31.1 Å². The van der Waals surface area contributed by atoms with E-state index < -0.39 is 0 Å². The van der Waals surface area contributed by atoms with Gasteiger partial charge in [0, 0.05) is 50.6 Å². The fourth-order valence-corrected chi connectivity index (χ4v) is 5.49. The second-order valence-corrected chi connectivity index (χ2v) is 9.64. The van der Waals surface area contributed by atoms with Crippen LogP contribution in [0.1, 0.15) is 43.2 Å². The number of rotatable bonds is 3. The molecule has 0 saturated carbocycles. The highest BCUT2D eigenvalue weighted by Crippen LogP contribution is 2.41. The van der Waals surface area contributed by atoms with E-state index in [1.807, 2.05) is 51.5 Å². The number of benzene rings is 1. The molecule has 36 heavy (non-hydrogen) atoms. The number of aryl methyl sites for hydroxylation is 1. The average Bonchev–Trinajstić information content (AvgIpc) is 3.50. The predicted octanol–water partition coefficient (Wildman–Crippen LogP) is 4.48. The third kappa shape index (κ3) is 3.48. The largest absolute Gasteiger partial charge is 0.381 e. The van der Waals surface area contributed by atoms with E-state index in [1.54, 1.807) is 15.8 Å². The van der Waals surface area contributed by atoms with Crippen molar-refractivity contribution >= 4 is 22.5 Å². The molecule has 9 heteroatoms. The maximum absolute atomic E-state index is 12.9. The number of fused-ring (bicyclic) bond motifs is 2. The van der Waals surface area contributed by atoms with Crippen LogP contribution in [0.25, 0.3) is 38.3 Å². The summed E-state index contributed by atoms with van der Waals surface area (Å²) in [6.07, 6.45) is 5.37. The highest BCUT2D eigenvalue weighted by molar-refractivity contribution is 5.99. The number of ether oxygens (including phenoxy) is 1. The minimum Gasteiger partial charge on any atom is -0.381 e. The van der Waals surface area contributed by atoms with Gasteiger partial charge in [-0.15, -0.1) is 0 Å². The summed E-state index contributed by atoms with van der Waals surface area (Å²) >= 11 is 0. The zero-order valence-corrected chi connectivity index (χ0v) is 20.6. The van der Waals surface area contributed by atoms with Crippen LogP contribution in [0.2, 0.25) is 0 Å². The normalized spacial score (nSPS) is 18.4. The van der Waals surface area contributed by atoms with Gasteiger partial charge in [-0.25, -0.2) is 9.83 Å². The molecule has 1 fully saturated rings. The van der Waals surface area contributed by atoms with Crippen molar-refractivity contribution in [1.29, 1.82) is 0 Å². The lowest BCUT2D eigenvalue weighted by molar-refractivity contribution is -0.135. The van der Waals surface area contributed by atoms with Crippen LogP contribution in [0, 0.1) is 6.57 Å². The number of carbonyl (C=O) groups excluding carboxylic acids is 1. The van der Waals surface area contributed by atoms with Crippen molar-refractivity contribution in [2.75, 3.05) is 20.3 Å². The number of aromatic nitrogens is 5. The molecule has 2 aliphatic rings. The van der Waals surface area contributed by atoms with Gasteiger partial charge in [0.1, 0.15) is 11.9 Å². The minimum atomic E-state index is -0.318. The van der Waals surface area contributed by atoms with Crippen LogP contribution >= 0.6 is 0 Å². The Balaban J connectivity index is 1.57. The maximum atomic E-state index is 12.9. The Bertz CT molecular complexity index is 1540. The quantitative estimate of drug-likeness (QED) is 0.403. The fourth-order valence-electron chi connectivity index (χ4n) is 5.49. The highest BCUT2D eigenvalue weighted by atomic mass is 16.5. The van der Waals surface area contributed by atoms with Gasteiger partial charge in [-0.1, -0.05) is 12.1 Å². The number of carbonyl (C=O) groups is 1. The number of amides is 1.